The Morgan fingerprint density at radius 2 is 2.19 bits per heavy atom. The van der Waals surface area contributed by atoms with E-state index in [1.807, 2.05) is 23.1 Å². The van der Waals surface area contributed by atoms with Crippen LogP contribution in [0.4, 0.5) is 0 Å². The first-order valence-electron chi connectivity index (χ1n) is 7.51. The van der Waals surface area contributed by atoms with Gasteiger partial charge in [0.1, 0.15) is 11.9 Å². The van der Waals surface area contributed by atoms with Crippen molar-refractivity contribution in [3.8, 4) is 5.75 Å². The quantitative estimate of drug-likeness (QED) is 0.861. The molecule has 4 heteroatoms. The van der Waals surface area contributed by atoms with Crippen molar-refractivity contribution >= 4 is 23.1 Å². The number of ether oxygens (including phenoxy) is 1. The Hall–Kier alpha value is -0.970. The third-order valence-electron chi connectivity index (χ3n) is 3.73. The van der Waals surface area contributed by atoms with Gasteiger partial charge in [0, 0.05) is 21.6 Å². The van der Waals surface area contributed by atoms with Crippen LogP contribution in [0.15, 0.2) is 46.7 Å². The van der Waals surface area contributed by atoms with Gasteiger partial charge in [-0.05, 0) is 43.0 Å². The van der Waals surface area contributed by atoms with Crippen LogP contribution < -0.4 is 10.1 Å². The maximum absolute atomic E-state index is 6.24. The molecular weight excluding hydrogens is 298 g/mol. The molecule has 0 amide bonds. The second-order valence-electron chi connectivity index (χ2n) is 5.20. The van der Waals surface area contributed by atoms with Crippen LogP contribution in [0.25, 0.3) is 0 Å². The summed E-state index contributed by atoms with van der Waals surface area (Å²) in [6.07, 6.45) is 2.51. The summed E-state index contributed by atoms with van der Waals surface area (Å²) in [4.78, 5) is 2.73. The average molecular weight is 319 g/mol. The minimum absolute atomic E-state index is 0.254. The highest BCUT2D eigenvalue weighted by molar-refractivity contribution is 7.99. The van der Waals surface area contributed by atoms with E-state index in [4.69, 9.17) is 4.74 Å². The molecule has 2 atom stereocenters. The number of likely N-dealkylation sites (N-methyl/N-ethyl adjacent to an activating group) is 1. The number of hydrogen-bond donors (Lipinski definition) is 1. The molecule has 2 heterocycles. The highest BCUT2D eigenvalue weighted by Gasteiger charge is 2.27. The molecule has 3 rings (SSSR count). The summed E-state index contributed by atoms with van der Waals surface area (Å²) in [5, 5.41) is 5.77. The van der Waals surface area contributed by atoms with Gasteiger partial charge in [0.2, 0.25) is 0 Å². The number of hydrogen-bond acceptors (Lipinski definition) is 4. The Labute approximate surface area is 134 Å². The van der Waals surface area contributed by atoms with Crippen LogP contribution in [-0.4, -0.2) is 24.4 Å². The lowest BCUT2D eigenvalue weighted by molar-refractivity contribution is 0.162. The smallest absolute Gasteiger partial charge is 0.133 e. The zero-order valence-electron chi connectivity index (χ0n) is 12.2. The number of benzene rings is 1. The molecule has 0 fully saturated rings. The minimum Gasteiger partial charge on any atom is -0.487 e. The number of thioether (sulfide) groups is 1. The maximum Gasteiger partial charge on any atom is 0.133 e. The van der Waals surface area contributed by atoms with Gasteiger partial charge >= 0.3 is 0 Å². The highest BCUT2D eigenvalue weighted by atomic mass is 32.2. The molecule has 2 unspecified atom stereocenters. The summed E-state index contributed by atoms with van der Waals surface area (Å²) in [6, 6.07) is 13.1. The molecule has 0 saturated heterocycles. The van der Waals surface area contributed by atoms with Crippen LogP contribution >= 0.6 is 23.1 Å². The lowest BCUT2D eigenvalue weighted by Crippen LogP contribution is -2.45. The molecule has 112 valence electrons. The van der Waals surface area contributed by atoms with Gasteiger partial charge in [-0.3, -0.25) is 0 Å². The van der Waals surface area contributed by atoms with E-state index in [0.29, 0.717) is 6.04 Å². The Bertz CT molecular complexity index is 556. The highest BCUT2D eigenvalue weighted by Crippen LogP contribution is 2.36. The number of rotatable bonds is 6. The fraction of sp³-hybridized carbons (Fsp3) is 0.412. The van der Waals surface area contributed by atoms with E-state index < -0.39 is 0 Å². The van der Waals surface area contributed by atoms with Gasteiger partial charge in [-0.2, -0.15) is 0 Å². The number of fused-ring (bicyclic) bond motifs is 1. The van der Waals surface area contributed by atoms with Gasteiger partial charge in [0.15, 0.2) is 0 Å². The molecule has 0 aliphatic carbocycles. The van der Waals surface area contributed by atoms with Crippen molar-refractivity contribution in [3.63, 3.8) is 0 Å². The van der Waals surface area contributed by atoms with Crippen LogP contribution in [0.1, 0.15) is 18.2 Å². The molecule has 0 radical (unpaired) electrons. The molecule has 1 aliphatic rings. The summed E-state index contributed by atoms with van der Waals surface area (Å²) in [5.41, 5.74) is 0. The SMILES string of the molecule is CCNC(CCc1cccs1)C1CSc2ccccc2O1. The number of para-hydroxylation sites is 1. The summed E-state index contributed by atoms with van der Waals surface area (Å²) in [6.45, 7) is 3.16. The fourth-order valence-corrected chi connectivity index (χ4v) is 4.47. The monoisotopic (exact) mass is 319 g/mol. The molecule has 0 bridgehead atoms. The molecule has 0 saturated carbocycles. The van der Waals surface area contributed by atoms with E-state index >= 15 is 0 Å². The molecule has 1 aliphatic heterocycles. The van der Waals surface area contributed by atoms with Crippen LogP contribution in [-0.2, 0) is 6.42 Å². The minimum atomic E-state index is 0.254. The Morgan fingerprint density at radius 1 is 1.29 bits per heavy atom. The average Bonchev–Trinajstić information content (AvgIpc) is 3.04. The molecule has 21 heavy (non-hydrogen) atoms. The van der Waals surface area contributed by atoms with E-state index in [0.717, 1.165) is 30.9 Å². The molecule has 0 spiro atoms. The Balaban J connectivity index is 1.64. The molecule has 2 aromatic rings. The van der Waals surface area contributed by atoms with Crippen molar-refractivity contribution in [3.05, 3.63) is 46.7 Å². The molecule has 1 N–H and O–H groups in total. The number of thiophene rings is 1. The first kappa shape index (κ1) is 14.9. The summed E-state index contributed by atoms with van der Waals surface area (Å²) >= 11 is 3.76. The standard InChI is InChI=1S/C17H21NOS2/c1-2-18-14(10-9-13-6-5-11-20-13)16-12-21-17-8-4-3-7-15(17)19-16/h3-8,11,14,16,18H,2,9-10,12H2,1H3. The van der Waals surface area contributed by atoms with Crippen molar-refractivity contribution in [1.82, 2.24) is 5.32 Å². The van der Waals surface area contributed by atoms with Crippen molar-refractivity contribution in [2.45, 2.75) is 36.8 Å². The lowest BCUT2D eigenvalue weighted by Gasteiger charge is -2.32. The second kappa shape index (κ2) is 7.34. The third-order valence-corrected chi connectivity index (χ3v) is 5.81. The van der Waals surface area contributed by atoms with Crippen LogP contribution in [0.2, 0.25) is 0 Å². The van der Waals surface area contributed by atoms with Crippen molar-refractivity contribution < 1.29 is 4.74 Å². The van der Waals surface area contributed by atoms with Crippen LogP contribution in [0, 0.1) is 0 Å². The van der Waals surface area contributed by atoms with Gasteiger partial charge < -0.3 is 10.1 Å². The summed E-state index contributed by atoms with van der Waals surface area (Å²) in [5.74, 6) is 2.07. The van der Waals surface area contributed by atoms with E-state index in [-0.39, 0.29) is 6.10 Å². The lowest BCUT2D eigenvalue weighted by atomic mass is 10.1. The third kappa shape index (κ3) is 3.82. The van der Waals surface area contributed by atoms with Gasteiger partial charge in [0.05, 0.1) is 0 Å². The second-order valence-corrected chi connectivity index (χ2v) is 7.29. The van der Waals surface area contributed by atoms with Gasteiger partial charge in [-0.25, -0.2) is 0 Å². The fourth-order valence-electron chi connectivity index (χ4n) is 2.67. The zero-order valence-corrected chi connectivity index (χ0v) is 13.9. The van der Waals surface area contributed by atoms with Crippen molar-refractivity contribution in [1.29, 1.82) is 0 Å². The van der Waals surface area contributed by atoms with E-state index in [1.165, 1.54) is 9.77 Å². The van der Waals surface area contributed by atoms with E-state index in [1.54, 1.807) is 0 Å². The molecule has 1 aromatic heterocycles. The predicted molar refractivity (Wildman–Crippen MR) is 91.7 cm³/mol. The van der Waals surface area contributed by atoms with Crippen LogP contribution in [0.3, 0.4) is 0 Å². The van der Waals surface area contributed by atoms with Gasteiger partial charge in [-0.15, -0.1) is 23.1 Å². The zero-order chi connectivity index (χ0) is 14.5. The van der Waals surface area contributed by atoms with Gasteiger partial charge in [0.25, 0.3) is 0 Å². The first-order valence-corrected chi connectivity index (χ1v) is 9.37. The topological polar surface area (TPSA) is 21.3 Å². The van der Waals surface area contributed by atoms with Crippen LogP contribution in [0.5, 0.6) is 5.75 Å². The number of aryl methyl sites for hydroxylation is 1. The summed E-state index contributed by atoms with van der Waals surface area (Å²) in [7, 11) is 0. The molecular formula is C17H21NOS2. The predicted octanol–water partition coefficient (Wildman–Crippen LogP) is 4.21. The Kier molecular flexibility index (Phi) is 5.22. The Morgan fingerprint density at radius 3 is 3.00 bits per heavy atom. The van der Waals surface area contributed by atoms with Crippen molar-refractivity contribution in [2.75, 3.05) is 12.3 Å². The van der Waals surface area contributed by atoms with E-state index in [2.05, 4.69) is 54.0 Å². The molecule has 1 aromatic carbocycles. The van der Waals surface area contributed by atoms with Gasteiger partial charge in [-0.1, -0.05) is 25.1 Å². The normalized spacial score (nSPS) is 18.8. The maximum atomic E-state index is 6.24. The van der Waals surface area contributed by atoms with E-state index in [9.17, 15) is 0 Å². The first-order chi connectivity index (χ1) is 10.4. The molecule has 2 nitrogen and oxygen atoms in total. The largest absolute Gasteiger partial charge is 0.487 e. The summed E-state index contributed by atoms with van der Waals surface area (Å²) < 4.78 is 6.24. The van der Waals surface area contributed by atoms with Crippen molar-refractivity contribution in [2.24, 2.45) is 0 Å². The number of nitrogens with one attached hydrogen (secondary N) is 1.